The van der Waals surface area contributed by atoms with E-state index in [1.54, 1.807) is 0 Å². The Hall–Kier alpha value is -1.39. The Bertz CT molecular complexity index is 489. The van der Waals surface area contributed by atoms with Crippen molar-refractivity contribution in [2.45, 2.75) is 31.9 Å². The highest BCUT2D eigenvalue weighted by atomic mass is 16.5. The summed E-state index contributed by atoms with van der Waals surface area (Å²) in [7, 11) is 0. The molecule has 1 fully saturated rings. The lowest BCUT2D eigenvalue weighted by Crippen LogP contribution is -2.52. The number of fused-ring (bicyclic) bond motifs is 1. The maximum absolute atomic E-state index is 12.5. The topological polar surface area (TPSA) is 41.6 Å². The van der Waals surface area contributed by atoms with Crippen LogP contribution in [-0.4, -0.2) is 43.1 Å². The Morgan fingerprint density at radius 1 is 1.45 bits per heavy atom. The molecule has 0 aromatic heterocycles. The third-order valence-corrected chi connectivity index (χ3v) is 4.27. The molecule has 2 unspecified atom stereocenters. The second-order valence-electron chi connectivity index (χ2n) is 5.65. The molecule has 20 heavy (non-hydrogen) atoms. The number of carbonyl (C=O) groups is 1. The van der Waals surface area contributed by atoms with Crippen molar-refractivity contribution < 1.29 is 9.53 Å². The van der Waals surface area contributed by atoms with E-state index in [4.69, 9.17) is 4.74 Å². The van der Waals surface area contributed by atoms with Crippen LogP contribution in [0, 0.1) is 0 Å². The van der Waals surface area contributed by atoms with Gasteiger partial charge in [-0.05, 0) is 24.5 Å². The molecule has 0 bridgehead atoms. The van der Waals surface area contributed by atoms with Gasteiger partial charge in [-0.25, -0.2) is 0 Å². The Balaban J connectivity index is 1.70. The third-order valence-electron chi connectivity index (χ3n) is 4.27. The van der Waals surface area contributed by atoms with Crippen molar-refractivity contribution in [2.75, 3.05) is 26.2 Å². The maximum Gasteiger partial charge on any atom is 0.225 e. The zero-order valence-corrected chi connectivity index (χ0v) is 12.0. The van der Waals surface area contributed by atoms with Crippen molar-refractivity contribution in [3.8, 4) is 0 Å². The molecule has 108 valence electrons. The van der Waals surface area contributed by atoms with Crippen molar-refractivity contribution in [2.24, 2.45) is 0 Å². The predicted octanol–water partition coefficient (Wildman–Crippen LogP) is 1.51. The summed E-state index contributed by atoms with van der Waals surface area (Å²) in [6.45, 7) is 5.38. The van der Waals surface area contributed by atoms with Crippen LogP contribution in [0.2, 0.25) is 0 Å². The third kappa shape index (κ3) is 2.72. The second kappa shape index (κ2) is 5.94. The molecule has 1 N–H and O–H groups in total. The van der Waals surface area contributed by atoms with Crippen molar-refractivity contribution in [1.82, 2.24) is 10.2 Å². The van der Waals surface area contributed by atoms with Gasteiger partial charge in [-0.3, -0.25) is 4.79 Å². The van der Waals surface area contributed by atoms with Crippen LogP contribution in [0.5, 0.6) is 0 Å². The molecule has 2 heterocycles. The second-order valence-corrected chi connectivity index (χ2v) is 5.65. The quantitative estimate of drug-likeness (QED) is 0.889. The van der Waals surface area contributed by atoms with Gasteiger partial charge in [0.05, 0.1) is 19.1 Å². The van der Waals surface area contributed by atoms with Crippen molar-refractivity contribution >= 4 is 5.91 Å². The fourth-order valence-electron chi connectivity index (χ4n) is 3.13. The predicted molar refractivity (Wildman–Crippen MR) is 77.5 cm³/mol. The van der Waals surface area contributed by atoms with E-state index in [2.05, 4.69) is 30.4 Å². The zero-order chi connectivity index (χ0) is 13.9. The Morgan fingerprint density at radius 2 is 2.30 bits per heavy atom. The number of amides is 1. The molecule has 0 aliphatic carbocycles. The number of benzene rings is 1. The lowest BCUT2D eigenvalue weighted by atomic mass is 9.95. The summed E-state index contributed by atoms with van der Waals surface area (Å²) in [6, 6.07) is 8.59. The monoisotopic (exact) mass is 274 g/mol. The largest absolute Gasteiger partial charge is 0.373 e. The van der Waals surface area contributed by atoms with Crippen LogP contribution in [0.25, 0.3) is 0 Å². The summed E-state index contributed by atoms with van der Waals surface area (Å²) in [5, 5.41) is 3.31. The van der Waals surface area contributed by atoms with Gasteiger partial charge >= 0.3 is 0 Å². The van der Waals surface area contributed by atoms with E-state index in [0.717, 1.165) is 26.1 Å². The SMILES string of the molecule is CC1CNCCN1C(=O)CC1OCCc2ccccc21. The summed E-state index contributed by atoms with van der Waals surface area (Å²) in [5.74, 6) is 0.209. The standard InChI is InChI=1S/C16H22N2O2/c1-12-11-17-7-8-18(12)16(19)10-15-14-5-3-2-4-13(14)6-9-20-15/h2-5,12,15,17H,6-11H2,1H3. The molecular weight excluding hydrogens is 252 g/mol. The van der Waals surface area contributed by atoms with Crippen LogP contribution in [0.4, 0.5) is 0 Å². The Labute approximate surface area is 120 Å². The van der Waals surface area contributed by atoms with Gasteiger partial charge in [0.1, 0.15) is 0 Å². The van der Waals surface area contributed by atoms with Gasteiger partial charge < -0.3 is 15.0 Å². The van der Waals surface area contributed by atoms with Gasteiger partial charge in [0, 0.05) is 25.7 Å². The van der Waals surface area contributed by atoms with E-state index in [9.17, 15) is 4.79 Å². The first kappa shape index (κ1) is 13.6. The Kier molecular flexibility index (Phi) is 4.03. The highest BCUT2D eigenvalue weighted by Gasteiger charge is 2.28. The number of ether oxygens (including phenoxy) is 1. The van der Waals surface area contributed by atoms with Crippen LogP contribution < -0.4 is 5.32 Å². The van der Waals surface area contributed by atoms with Crippen molar-refractivity contribution in [3.63, 3.8) is 0 Å². The van der Waals surface area contributed by atoms with Crippen LogP contribution >= 0.6 is 0 Å². The molecule has 4 nitrogen and oxygen atoms in total. The molecule has 2 aliphatic rings. The van der Waals surface area contributed by atoms with Gasteiger partial charge in [-0.1, -0.05) is 24.3 Å². The number of nitrogens with one attached hydrogen (secondary N) is 1. The minimum absolute atomic E-state index is 0.0745. The maximum atomic E-state index is 12.5. The molecule has 0 saturated carbocycles. The number of nitrogens with zero attached hydrogens (tertiary/aromatic N) is 1. The number of hydrogen-bond donors (Lipinski definition) is 1. The first-order valence-electron chi connectivity index (χ1n) is 7.45. The molecule has 0 spiro atoms. The lowest BCUT2D eigenvalue weighted by Gasteiger charge is -2.35. The van der Waals surface area contributed by atoms with E-state index < -0.39 is 0 Å². The van der Waals surface area contributed by atoms with Crippen molar-refractivity contribution in [3.05, 3.63) is 35.4 Å². The van der Waals surface area contributed by atoms with Gasteiger partial charge in [-0.15, -0.1) is 0 Å². The van der Waals surface area contributed by atoms with E-state index >= 15 is 0 Å². The first-order valence-corrected chi connectivity index (χ1v) is 7.45. The molecule has 3 rings (SSSR count). The summed E-state index contributed by atoms with van der Waals surface area (Å²) >= 11 is 0. The van der Waals surface area contributed by atoms with Gasteiger partial charge in [0.2, 0.25) is 5.91 Å². The van der Waals surface area contributed by atoms with Crippen LogP contribution in [0.15, 0.2) is 24.3 Å². The van der Waals surface area contributed by atoms with Gasteiger partial charge in [0.25, 0.3) is 0 Å². The molecular formula is C16H22N2O2. The van der Waals surface area contributed by atoms with Crippen LogP contribution in [0.1, 0.15) is 30.6 Å². The van der Waals surface area contributed by atoms with Crippen LogP contribution in [-0.2, 0) is 16.0 Å². The average Bonchev–Trinajstić information content (AvgIpc) is 2.48. The summed E-state index contributed by atoms with van der Waals surface area (Å²) in [6.07, 6.45) is 1.33. The Morgan fingerprint density at radius 3 is 3.15 bits per heavy atom. The molecule has 1 aromatic rings. The molecule has 2 atom stereocenters. The smallest absolute Gasteiger partial charge is 0.225 e. The minimum atomic E-state index is -0.0745. The molecule has 1 aromatic carbocycles. The normalized spacial score (nSPS) is 26.1. The zero-order valence-electron chi connectivity index (χ0n) is 12.0. The van der Waals surface area contributed by atoms with E-state index in [-0.39, 0.29) is 18.1 Å². The highest BCUT2D eigenvalue weighted by Crippen LogP contribution is 2.30. The summed E-state index contributed by atoms with van der Waals surface area (Å²) in [4.78, 5) is 14.5. The number of rotatable bonds is 2. The van der Waals surface area contributed by atoms with Gasteiger partial charge in [0.15, 0.2) is 0 Å². The molecule has 1 saturated heterocycles. The van der Waals surface area contributed by atoms with Gasteiger partial charge in [-0.2, -0.15) is 0 Å². The van der Waals surface area contributed by atoms with E-state index in [1.165, 1.54) is 11.1 Å². The number of carbonyl (C=O) groups excluding carboxylic acids is 1. The summed E-state index contributed by atoms with van der Waals surface area (Å²) in [5.41, 5.74) is 2.51. The minimum Gasteiger partial charge on any atom is -0.373 e. The molecule has 1 amide bonds. The first-order chi connectivity index (χ1) is 9.75. The number of hydrogen-bond acceptors (Lipinski definition) is 3. The number of piperazine rings is 1. The summed E-state index contributed by atoms with van der Waals surface area (Å²) < 4.78 is 5.84. The molecule has 0 radical (unpaired) electrons. The molecule has 2 aliphatic heterocycles. The highest BCUT2D eigenvalue weighted by molar-refractivity contribution is 5.77. The van der Waals surface area contributed by atoms with E-state index in [0.29, 0.717) is 13.0 Å². The fourth-order valence-corrected chi connectivity index (χ4v) is 3.13. The van der Waals surface area contributed by atoms with E-state index in [1.807, 2.05) is 11.0 Å². The molecule has 4 heteroatoms. The van der Waals surface area contributed by atoms with Crippen LogP contribution in [0.3, 0.4) is 0 Å². The van der Waals surface area contributed by atoms with Crippen molar-refractivity contribution in [1.29, 1.82) is 0 Å². The fraction of sp³-hybridized carbons (Fsp3) is 0.562. The lowest BCUT2D eigenvalue weighted by molar-refractivity contribution is -0.137. The average molecular weight is 274 g/mol.